The highest BCUT2D eigenvalue weighted by atomic mass is 32.2. The molecule has 3 heterocycles. The maximum absolute atomic E-state index is 5.68. The van der Waals surface area contributed by atoms with E-state index in [0.717, 1.165) is 26.9 Å². The van der Waals surface area contributed by atoms with Crippen LogP contribution in [0, 0.1) is 0 Å². The second kappa shape index (κ2) is 7.38. The third-order valence-corrected chi connectivity index (χ3v) is 6.02. The van der Waals surface area contributed by atoms with Crippen LogP contribution in [0.25, 0.3) is 21.3 Å². The summed E-state index contributed by atoms with van der Waals surface area (Å²) < 4.78 is 10.9. The smallest absolute Gasteiger partial charge is 0.277 e. The molecular formula is C17H13N3O2S3. The van der Waals surface area contributed by atoms with Crippen LogP contribution in [0.15, 0.2) is 56.8 Å². The van der Waals surface area contributed by atoms with E-state index in [1.165, 1.54) is 11.8 Å². The van der Waals surface area contributed by atoms with Gasteiger partial charge in [-0.05, 0) is 35.7 Å². The van der Waals surface area contributed by atoms with Crippen LogP contribution in [0.1, 0.15) is 5.69 Å². The van der Waals surface area contributed by atoms with Gasteiger partial charge in [-0.3, -0.25) is 0 Å². The molecule has 0 bridgehead atoms. The van der Waals surface area contributed by atoms with Crippen molar-refractivity contribution in [2.24, 2.45) is 0 Å². The second-order valence-electron chi connectivity index (χ2n) is 5.01. The third-order valence-electron chi connectivity index (χ3n) is 3.37. The fourth-order valence-electron chi connectivity index (χ4n) is 2.14. The molecule has 0 unspecified atom stereocenters. The van der Waals surface area contributed by atoms with Crippen LogP contribution in [0.3, 0.4) is 0 Å². The highest BCUT2D eigenvalue weighted by Gasteiger charge is 2.11. The Hall–Kier alpha value is -2.16. The van der Waals surface area contributed by atoms with E-state index in [9.17, 15) is 0 Å². The molecule has 0 atom stereocenters. The van der Waals surface area contributed by atoms with E-state index in [1.54, 1.807) is 29.8 Å². The standard InChI is InChI=1S/C17H13N3O2S3/c1-21-13-6-4-11(5-7-13)16-18-12(9-24-16)10-25-17-20-19-15(22-17)14-3-2-8-23-14/h2-9H,10H2,1H3. The van der Waals surface area contributed by atoms with Gasteiger partial charge in [0.2, 0.25) is 0 Å². The van der Waals surface area contributed by atoms with Crippen molar-refractivity contribution in [3.05, 3.63) is 52.9 Å². The minimum atomic E-state index is 0.558. The first-order valence-corrected chi connectivity index (χ1v) is 10.2. The quantitative estimate of drug-likeness (QED) is 0.423. The Morgan fingerprint density at radius 1 is 1.12 bits per heavy atom. The van der Waals surface area contributed by atoms with E-state index in [2.05, 4.69) is 20.6 Å². The number of thiazole rings is 1. The number of hydrogen-bond donors (Lipinski definition) is 0. The van der Waals surface area contributed by atoms with Gasteiger partial charge in [0, 0.05) is 16.7 Å². The SMILES string of the molecule is COc1ccc(-c2nc(CSc3nnc(-c4cccs4)o3)cs2)cc1. The molecule has 1 aromatic carbocycles. The van der Waals surface area contributed by atoms with E-state index in [4.69, 9.17) is 9.15 Å². The summed E-state index contributed by atoms with van der Waals surface area (Å²) in [5, 5.41) is 13.8. The Bertz CT molecular complexity index is 946. The lowest BCUT2D eigenvalue weighted by atomic mass is 10.2. The number of aromatic nitrogens is 3. The highest BCUT2D eigenvalue weighted by molar-refractivity contribution is 7.98. The lowest BCUT2D eigenvalue weighted by Crippen LogP contribution is -1.84. The fraction of sp³-hybridized carbons (Fsp3) is 0.118. The monoisotopic (exact) mass is 387 g/mol. The summed E-state index contributed by atoms with van der Waals surface area (Å²) in [5.74, 6) is 2.10. The first-order valence-electron chi connectivity index (χ1n) is 7.41. The van der Waals surface area contributed by atoms with E-state index in [-0.39, 0.29) is 0 Å². The second-order valence-corrected chi connectivity index (χ2v) is 7.74. The molecule has 0 N–H and O–H groups in total. The Morgan fingerprint density at radius 2 is 2.00 bits per heavy atom. The average Bonchev–Trinajstić information content (AvgIpc) is 3.41. The lowest BCUT2D eigenvalue weighted by Gasteiger charge is -2.00. The Morgan fingerprint density at radius 3 is 2.76 bits per heavy atom. The molecule has 5 nitrogen and oxygen atoms in total. The number of benzene rings is 1. The van der Waals surface area contributed by atoms with Gasteiger partial charge in [-0.2, -0.15) is 0 Å². The number of rotatable bonds is 6. The van der Waals surface area contributed by atoms with E-state index in [1.807, 2.05) is 41.8 Å². The molecule has 25 heavy (non-hydrogen) atoms. The zero-order valence-corrected chi connectivity index (χ0v) is 15.7. The maximum atomic E-state index is 5.68. The van der Waals surface area contributed by atoms with Crippen LogP contribution in [0.5, 0.6) is 5.75 Å². The van der Waals surface area contributed by atoms with Gasteiger partial charge in [-0.25, -0.2) is 4.98 Å². The molecule has 0 spiro atoms. The molecule has 0 saturated heterocycles. The normalized spacial score (nSPS) is 10.9. The average molecular weight is 388 g/mol. The molecule has 0 aliphatic carbocycles. The molecule has 0 amide bonds. The van der Waals surface area contributed by atoms with Crippen molar-refractivity contribution >= 4 is 34.4 Å². The number of thioether (sulfide) groups is 1. The predicted molar refractivity (Wildman–Crippen MR) is 101 cm³/mol. The van der Waals surface area contributed by atoms with Crippen molar-refractivity contribution in [1.82, 2.24) is 15.2 Å². The summed E-state index contributed by atoms with van der Waals surface area (Å²) in [6.45, 7) is 0. The first-order chi connectivity index (χ1) is 12.3. The largest absolute Gasteiger partial charge is 0.497 e. The molecule has 8 heteroatoms. The van der Waals surface area contributed by atoms with Crippen molar-refractivity contribution < 1.29 is 9.15 Å². The summed E-state index contributed by atoms with van der Waals surface area (Å²) in [4.78, 5) is 5.66. The predicted octanol–water partition coefficient (Wildman–Crippen LogP) is 5.22. The number of nitrogens with zero attached hydrogens (tertiary/aromatic N) is 3. The van der Waals surface area contributed by atoms with Crippen LogP contribution >= 0.6 is 34.4 Å². The van der Waals surface area contributed by atoms with Gasteiger partial charge >= 0.3 is 0 Å². The molecule has 4 rings (SSSR count). The van der Waals surface area contributed by atoms with Gasteiger partial charge in [0.25, 0.3) is 11.1 Å². The summed E-state index contributed by atoms with van der Waals surface area (Å²) in [5.41, 5.74) is 2.08. The van der Waals surface area contributed by atoms with Crippen molar-refractivity contribution in [1.29, 1.82) is 0 Å². The zero-order valence-electron chi connectivity index (χ0n) is 13.2. The van der Waals surface area contributed by atoms with Gasteiger partial charge in [0.05, 0.1) is 17.7 Å². The third kappa shape index (κ3) is 3.76. The minimum Gasteiger partial charge on any atom is -0.497 e. The van der Waals surface area contributed by atoms with Crippen LogP contribution in [0.2, 0.25) is 0 Å². The highest BCUT2D eigenvalue weighted by Crippen LogP contribution is 2.30. The molecule has 3 aromatic heterocycles. The molecule has 4 aromatic rings. The first kappa shape index (κ1) is 16.3. The Balaban J connectivity index is 1.41. The van der Waals surface area contributed by atoms with Crippen molar-refractivity contribution in [2.45, 2.75) is 11.0 Å². The summed E-state index contributed by atoms with van der Waals surface area (Å²) in [7, 11) is 1.66. The number of ether oxygens (including phenoxy) is 1. The number of methoxy groups -OCH3 is 1. The zero-order chi connectivity index (χ0) is 17.1. The molecular weight excluding hydrogens is 374 g/mol. The fourth-order valence-corrected chi connectivity index (χ4v) is 4.37. The van der Waals surface area contributed by atoms with Crippen molar-refractivity contribution in [3.8, 4) is 27.1 Å². The van der Waals surface area contributed by atoms with E-state index < -0.39 is 0 Å². The Kier molecular flexibility index (Phi) is 4.82. The number of hydrogen-bond acceptors (Lipinski definition) is 8. The molecule has 0 fully saturated rings. The number of thiophene rings is 1. The molecule has 0 aliphatic rings. The van der Waals surface area contributed by atoms with Crippen molar-refractivity contribution in [2.75, 3.05) is 7.11 Å². The van der Waals surface area contributed by atoms with E-state index in [0.29, 0.717) is 16.9 Å². The van der Waals surface area contributed by atoms with Crippen LogP contribution < -0.4 is 4.74 Å². The molecule has 0 aliphatic heterocycles. The summed E-state index contributed by atoms with van der Waals surface area (Å²) in [6, 6.07) is 11.8. The van der Waals surface area contributed by atoms with Gasteiger partial charge in [0.15, 0.2) is 0 Å². The van der Waals surface area contributed by atoms with Gasteiger partial charge in [0.1, 0.15) is 10.8 Å². The lowest BCUT2D eigenvalue weighted by molar-refractivity contribution is 0.415. The van der Waals surface area contributed by atoms with Gasteiger partial charge < -0.3 is 9.15 Å². The van der Waals surface area contributed by atoms with Crippen molar-refractivity contribution in [3.63, 3.8) is 0 Å². The maximum Gasteiger partial charge on any atom is 0.277 e. The van der Waals surface area contributed by atoms with Gasteiger partial charge in [-0.15, -0.1) is 32.9 Å². The van der Waals surface area contributed by atoms with Crippen LogP contribution in [0.4, 0.5) is 0 Å². The molecule has 0 radical (unpaired) electrons. The summed E-state index contributed by atoms with van der Waals surface area (Å²) >= 11 is 4.70. The summed E-state index contributed by atoms with van der Waals surface area (Å²) in [6.07, 6.45) is 0. The van der Waals surface area contributed by atoms with E-state index >= 15 is 0 Å². The molecule has 0 saturated carbocycles. The topological polar surface area (TPSA) is 61.0 Å². The van der Waals surface area contributed by atoms with Crippen LogP contribution in [-0.2, 0) is 5.75 Å². The Labute approximate surface area is 156 Å². The minimum absolute atomic E-state index is 0.558. The van der Waals surface area contributed by atoms with Gasteiger partial charge in [-0.1, -0.05) is 17.8 Å². The molecule has 126 valence electrons. The van der Waals surface area contributed by atoms with Crippen LogP contribution in [-0.4, -0.2) is 22.3 Å².